The van der Waals surface area contributed by atoms with Gasteiger partial charge in [-0.05, 0) is 53.6 Å². The molecule has 0 fully saturated rings. The highest BCUT2D eigenvalue weighted by atomic mass is 35.5. The Morgan fingerprint density at radius 2 is 1.75 bits per heavy atom. The number of nitrogens with one attached hydrogen (secondary N) is 1. The molecule has 0 radical (unpaired) electrons. The van der Waals surface area contributed by atoms with E-state index in [1.54, 1.807) is 16.4 Å². The third-order valence-electron chi connectivity index (χ3n) is 4.09. The fourth-order valence-electron chi connectivity index (χ4n) is 2.49. The molecule has 150 valence electrons. The highest BCUT2D eigenvalue weighted by Gasteiger charge is 2.02. The number of tetrazole rings is 1. The molecule has 0 unspecified atom stereocenters. The molecule has 0 atom stereocenters. The van der Waals surface area contributed by atoms with Crippen LogP contribution >= 0.6 is 24.2 Å². The smallest absolute Gasteiger partial charge is 0.209 e. The van der Waals surface area contributed by atoms with E-state index in [4.69, 9.17) is 4.74 Å². The molecule has 8 heteroatoms. The Morgan fingerprint density at radius 3 is 2.43 bits per heavy atom. The van der Waals surface area contributed by atoms with Crippen LogP contribution in [0.4, 0.5) is 0 Å². The Labute approximate surface area is 176 Å². The first-order valence-corrected chi connectivity index (χ1v) is 10.0. The van der Waals surface area contributed by atoms with Crippen molar-refractivity contribution in [3.8, 4) is 5.75 Å². The van der Waals surface area contributed by atoms with Crippen molar-refractivity contribution in [1.82, 2.24) is 25.5 Å². The molecule has 0 saturated heterocycles. The summed E-state index contributed by atoms with van der Waals surface area (Å²) in [6, 6.07) is 16.7. The second kappa shape index (κ2) is 11.7. The van der Waals surface area contributed by atoms with E-state index in [2.05, 4.69) is 64.2 Å². The zero-order chi connectivity index (χ0) is 18.9. The van der Waals surface area contributed by atoms with Crippen LogP contribution in [0, 0.1) is 6.92 Å². The minimum atomic E-state index is 0. The van der Waals surface area contributed by atoms with Gasteiger partial charge in [0.05, 0.1) is 0 Å². The summed E-state index contributed by atoms with van der Waals surface area (Å²) in [6.45, 7) is 4.50. The molecule has 0 aliphatic rings. The SMILES string of the molecule is Cc1ccc(COc2ccc(CNCCCSc3nnnn3C)cc2)cc1.Cl. The second-order valence-corrected chi connectivity index (χ2v) is 7.44. The van der Waals surface area contributed by atoms with Gasteiger partial charge in [-0.3, -0.25) is 0 Å². The number of halogens is 1. The van der Waals surface area contributed by atoms with E-state index < -0.39 is 0 Å². The Bertz CT molecular complexity index is 823. The van der Waals surface area contributed by atoms with Crippen LogP contribution in [-0.2, 0) is 20.2 Å². The van der Waals surface area contributed by atoms with Crippen molar-refractivity contribution in [2.45, 2.75) is 31.7 Å². The molecule has 1 heterocycles. The fraction of sp³-hybridized carbons (Fsp3) is 0.350. The molecule has 1 N–H and O–H groups in total. The van der Waals surface area contributed by atoms with E-state index in [1.807, 2.05) is 19.2 Å². The molecular weight excluding hydrogens is 394 g/mol. The van der Waals surface area contributed by atoms with Gasteiger partial charge in [0.1, 0.15) is 12.4 Å². The molecular formula is C20H26ClN5OS. The topological polar surface area (TPSA) is 64.9 Å². The van der Waals surface area contributed by atoms with Gasteiger partial charge in [-0.1, -0.05) is 53.7 Å². The normalized spacial score (nSPS) is 10.5. The number of rotatable bonds is 10. The zero-order valence-electron chi connectivity index (χ0n) is 16.2. The summed E-state index contributed by atoms with van der Waals surface area (Å²) in [6.07, 6.45) is 1.06. The van der Waals surface area contributed by atoms with Gasteiger partial charge in [0.15, 0.2) is 0 Å². The summed E-state index contributed by atoms with van der Waals surface area (Å²) in [5, 5.41) is 15.7. The lowest BCUT2D eigenvalue weighted by Crippen LogP contribution is -2.15. The predicted octanol–water partition coefficient (Wildman–Crippen LogP) is 3.79. The quantitative estimate of drug-likeness (QED) is 0.398. The first-order chi connectivity index (χ1) is 13.2. The number of aromatic nitrogens is 4. The van der Waals surface area contributed by atoms with Gasteiger partial charge in [-0.2, -0.15) is 0 Å². The van der Waals surface area contributed by atoms with Crippen molar-refractivity contribution < 1.29 is 4.74 Å². The standard InChI is InChI=1S/C20H25N5OS.ClH/c1-16-4-6-18(7-5-16)15-26-19-10-8-17(9-11-19)14-21-12-3-13-27-20-22-23-24-25(20)2;/h4-11,21H,3,12-15H2,1-2H3;1H. The number of nitrogens with zero attached hydrogens (tertiary/aromatic N) is 4. The van der Waals surface area contributed by atoms with Crippen molar-refractivity contribution in [1.29, 1.82) is 0 Å². The third-order valence-corrected chi connectivity index (χ3v) is 5.19. The number of aryl methyl sites for hydroxylation is 2. The minimum Gasteiger partial charge on any atom is -0.489 e. The number of benzene rings is 2. The summed E-state index contributed by atoms with van der Waals surface area (Å²) in [5.74, 6) is 1.89. The van der Waals surface area contributed by atoms with Gasteiger partial charge in [-0.15, -0.1) is 17.5 Å². The lowest BCUT2D eigenvalue weighted by Gasteiger charge is -2.08. The monoisotopic (exact) mass is 419 g/mol. The lowest BCUT2D eigenvalue weighted by atomic mass is 10.2. The lowest BCUT2D eigenvalue weighted by molar-refractivity contribution is 0.306. The van der Waals surface area contributed by atoms with Gasteiger partial charge in [0, 0.05) is 19.3 Å². The third kappa shape index (κ3) is 7.14. The van der Waals surface area contributed by atoms with E-state index in [0.29, 0.717) is 6.61 Å². The Balaban J connectivity index is 0.00000280. The van der Waals surface area contributed by atoms with Crippen LogP contribution in [0.1, 0.15) is 23.1 Å². The van der Waals surface area contributed by atoms with Crippen molar-refractivity contribution >= 4 is 24.2 Å². The molecule has 0 aliphatic heterocycles. The van der Waals surface area contributed by atoms with Crippen LogP contribution in [0.5, 0.6) is 5.75 Å². The van der Waals surface area contributed by atoms with Crippen LogP contribution in [-0.4, -0.2) is 32.5 Å². The number of ether oxygens (including phenoxy) is 1. The van der Waals surface area contributed by atoms with Crippen LogP contribution in [0.3, 0.4) is 0 Å². The molecule has 3 rings (SSSR count). The van der Waals surface area contributed by atoms with E-state index in [1.165, 1.54) is 16.7 Å². The Morgan fingerprint density at radius 1 is 1.04 bits per heavy atom. The first kappa shape index (κ1) is 22.2. The summed E-state index contributed by atoms with van der Waals surface area (Å²) in [7, 11) is 1.86. The van der Waals surface area contributed by atoms with Gasteiger partial charge < -0.3 is 10.1 Å². The average molecular weight is 420 g/mol. The fourth-order valence-corrected chi connectivity index (χ4v) is 3.28. The molecule has 6 nitrogen and oxygen atoms in total. The molecule has 0 amide bonds. The van der Waals surface area contributed by atoms with Gasteiger partial charge in [0.2, 0.25) is 5.16 Å². The van der Waals surface area contributed by atoms with Crippen molar-refractivity contribution in [2.24, 2.45) is 7.05 Å². The molecule has 28 heavy (non-hydrogen) atoms. The predicted molar refractivity (Wildman–Crippen MR) is 115 cm³/mol. The van der Waals surface area contributed by atoms with E-state index in [0.717, 1.165) is 36.2 Å². The Kier molecular flexibility index (Phi) is 9.27. The van der Waals surface area contributed by atoms with E-state index >= 15 is 0 Å². The number of hydrogen-bond donors (Lipinski definition) is 1. The molecule has 2 aromatic carbocycles. The van der Waals surface area contributed by atoms with Crippen LogP contribution in [0.15, 0.2) is 53.7 Å². The molecule has 1 aromatic heterocycles. The van der Waals surface area contributed by atoms with Crippen LogP contribution in [0.2, 0.25) is 0 Å². The highest BCUT2D eigenvalue weighted by molar-refractivity contribution is 7.99. The first-order valence-electron chi connectivity index (χ1n) is 9.04. The second-order valence-electron chi connectivity index (χ2n) is 6.38. The summed E-state index contributed by atoms with van der Waals surface area (Å²) >= 11 is 1.68. The van der Waals surface area contributed by atoms with Crippen LogP contribution in [0.25, 0.3) is 0 Å². The summed E-state index contributed by atoms with van der Waals surface area (Å²) in [4.78, 5) is 0. The zero-order valence-corrected chi connectivity index (χ0v) is 17.8. The molecule has 0 bridgehead atoms. The van der Waals surface area contributed by atoms with Gasteiger partial charge >= 0.3 is 0 Å². The molecule has 0 saturated carbocycles. The van der Waals surface area contributed by atoms with Crippen LogP contribution < -0.4 is 10.1 Å². The molecule has 0 spiro atoms. The van der Waals surface area contributed by atoms with Crippen molar-refractivity contribution in [3.63, 3.8) is 0 Å². The average Bonchev–Trinajstić information content (AvgIpc) is 3.10. The van der Waals surface area contributed by atoms with Crippen molar-refractivity contribution in [2.75, 3.05) is 12.3 Å². The highest BCUT2D eigenvalue weighted by Crippen LogP contribution is 2.15. The summed E-state index contributed by atoms with van der Waals surface area (Å²) < 4.78 is 7.54. The molecule has 0 aliphatic carbocycles. The largest absolute Gasteiger partial charge is 0.489 e. The molecule has 3 aromatic rings. The number of hydrogen-bond acceptors (Lipinski definition) is 6. The summed E-state index contributed by atoms with van der Waals surface area (Å²) in [5.41, 5.74) is 3.70. The minimum absolute atomic E-state index is 0. The Hall–Kier alpha value is -2.09. The number of thioether (sulfide) groups is 1. The van der Waals surface area contributed by atoms with Gasteiger partial charge in [0.25, 0.3) is 0 Å². The maximum absolute atomic E-state index is 5.85. The van der Waals surface area contributed by atoms with Crippen molar-refractivity contribution in [3.05, 3.63) is 65.2 Å². The van der Waals surface area contributed by atoms with Gasteiger partial charge in [-0.25, -0.2) is 4.68 Å². The maximum Gasteiger partial charge on any atom is 0.209 e. The maximum atomic E-state index is 5.85. The van der Waals surface area contributed by atoms with E-state index in [9.17, 15) is 0 Å². The van der Waals surface area contributed by atoms with E-state index in [-0.39, 0.29) is 12.4 Å².